The van der Waals surface area contributed by atoms with Crippen molar-refractivity contribution in [1.29, 1.82) is 0 Å². The number of carbonyl (C=O) groups is 1. The van der Waals surface area contributed by atoms with Crippen LogP contribution in [0.15, 0.2) is 63.9 Å². The van der Waals surface area contributed by atoms with E-state index < -0.39 is 0 Å². The molecule has 0 saturated heterocycles. The molecule has 0 spiro atoms. The van der Waals surface area contributed by atoms with Crippen LogP contribution in [0, 0.1) is 0 Å². The Morgan fingerprint density at radius 3 is 2.58 bits per heavy atom. The van der Waals surface area contributed by atoms with Gasteiger partial charge < -0.3 is 4.74 Å². The van der Waals surface area contributed by atoms with Gasteiger partial charge in [-0.15, -0.1) is 11.3 Å². The maximum Gasteiger partial charge on any atom is 0.268 e. The van der Waals surface area contributed by atoms with E-state index in [-0.39, 0.29) is 16.6 Å². The number of benzene rings is 2. The molecule has 0 bridgehead atoms. The van der Waals surface area contributed by atoms with Gasteiger partial charge in [-0.2, -0.15) is 0 Å². The van der Waals surface area contributed by atoms with E-state index in [4.69, 9.17) is 21.3 Å². The monoisotopic (exact) mass is 470 g/mol. The van der Waals surface area contributed by atoms with Gasteiger partial charge in [0.15, 0.2) is 5.16 Å². The van der Waals surface area contributed by atoms with Gasteiger partial charge in [-0.3, -0.25) is 14.2 Å². The standard InChI is InChI=1S/C23H19ClN2O3S2/c1-13(27)14(2)31-23-25-21-20(16(12-30-21)15-8-4-5-9-17(15)24)22(28)26(23)18-10-6-7-11-19(18)29-3/h4-12,14H,1-3H3/t14-/m1/s1. The highest BCUT2D eigenvalue weighted by Gasteiger charge is 2.23. The molecule has 8 heteroatoms. The van der Waals surface area contributed by atoms with Crippen LogP contribution in [-0.2, 0) is 4.79 Å². The van der Waals surface area contributed by atoms with Crippen molar-refractivity contribution in [3.8, 4) is 22.6 Å². The van der Waals surface area contributed by atoms with Crippen LogP contribution in [0.2, 0.25) is 5.02 Å². The van der Waals surface area contributed by atoms with Gasteiger partial charge in [0.25, 0.3) is 5.56 Å². The van der Waals surface area contributed by atoms with Crippen LogP contribution < -0.4 is 10.3 Å². The number of aromatic nitrogens is 2. The van der Waals surface area contributed by atoms with E-state index in [2.05, 4.69) is 0 Å². The number of nitrogens with zero attached hydrogens (tertiary/aromatic N) is 2. The highest BCUT2D eigenvalue weighted by atomic mass is 35.5. The zero-order valence-corrected chi connectivity index (χ0v) is 19.5. The predicted octanol–water partition coefficient (Wildman–Crippen LogP) is 5.85. The molecule has 0 unspecified atom stereocenters. The first-order valence-corrected chi connectivity index (χ1v) is 11.7. The Morgan fingerprint density at radius 2 is 1.87 bits per heavy atom. The Balaban J connectivity index is 2.05. The topological polar surface area (TPSA) is 61.2 Å². The number of rotatable bonds is 6. The Bertz CT molecular complexity index is 1350. The molecule has 2 heterocycles. The third-order valence-corrected chi connectivity index (χ3v) is 7.29. The largest absolute Gasteiger partial charge is 0.495 e. The number of halogens is 1. The third-order valence-electron chi connectivity index (χ3n) is 4.92. The summed E-state index contributed by atoms with van der Waals surface area (Å²) >= 11 is 9.06. The lowest BCUT2D eigenvalue weighted by Gasteiger charge is -2.16. The Hall–Kier alpha value is -2.61. The van der Waals surface area contributed by atoms with Crippen molar-refractivity contribution in [1.82, 2.24) is 9.55 Å². The zero-order chi connectivity index (χ0) is 22.1. The molecule has 2 aromatic heterocycles. The van der Waals surface area contributed by atoms with Crippen molar-refractivity contribution in [2.75, 3.05) is 7.11 Å². The molecule has 1 atom stereocenters. The second kappa shape index (κ2) is 8.86. The van der Waals surface area contributed by atoms with Crippen molar-refractivity contribution < 1.29 is 9.53 Å². The molecule has 31 heavy (non-hydrogen) atoms. The van der Waals surface area contributed by atoms with Crippen LogP contribution in [-0.4, -0.2) is 27.7 Å². The van der Waals surface area contributed by atoms with Crippen LogP contribution in [0.5, 0.6) is 5.75 Å². The van der Waals surface area contributed by atoms with E-state index in [1.54, 1.807) is 32.2 Å². The highest BCUT2D eigenvalue weighted by Crippen LogP contribution is 2.37. The van der Waals surface area contributed by atoms with Gasteiger partial charge in [0.2, 0.25) is 0 Å². The maximum absolute atomic E-state index is 13.9. The zero-order valence-electron chi connectivity index (χ0n) is 17.1. The molecule has 5 nitrogen and oxygen atoms in total. The van der Waals surface area contributed by atoms with E-state index >= 15 is 0 Å². The number of thiophene rings is 1. The first-order valence-electron chi connectivity index (χ1n) is 9.52. The van der Waals surface area contributed by atoms with Gasteiger partial charge in [-0.05, 0) is 32.0 Å². The fraction of sp³-hybridized carbons (Fsp3) is 0.174. The van der Waals surface area contributed by atoms with E-state index in [1.807, 2.05) is 35.7 Å². The molecule has 2 aromatic carbocycles. The smallest absolute Gasteiger partial charge is 0.268 e. The normalized spacial score (nSPS) is 12.1. The van der Waals surface area contributed by atoms with E-state index in [0.717, 1.165) is 11.1 Å². The minimum absolute atomic E-state index is 0.00820. The van der Waals surface area contributed by atoms with E-state index in [1.165, 1.54) is 34.6 Å². The summed E-state index contributed by atoms with van der Waals surface area (Å²) in [6.45, 7) is 3.34. The van der Waals surface area contributed by atoms with Gasteiger partial charge >= 0.3 is 0 Å². The van der Waals surface area contributed by atoms with Gasteiger partial charge in [0.1, 0.15) is 16.4 Å². The number of ether oxygens (including phenoxy) is 1. The number of hydrogen-bond acceptors (Lipinski definition) is 6. The lowest BCUT2D eigenvalue weighted by atomic mass is 10.1. The summed E-state index contributed by atoms with van der Waals surface area (Å²) in [6, 6.07) is 14.7. The molecule has 4 rings (SSSR count). The fourth-order valence-corrected chi connectivity index (χ4v) is 5.33. The molecule has 0 N–H and O–H groups in total. The second-order valence-electron chi connectivity index (χ2n) is 6.89. The minimum atomic E-state index is -0.353. The van der Waals surface area contributed by atoms with Gasteiger partial charge in [-0.1, -0.05) is 53.7 Å². The number of Topliss-reactive ketones (excluding diaryl/α,β-unsaturated/α-hetero) is 1. The first kappa shape index (κ1) is 21.6. The van der Waals surface area contributed by atoms with E-state index in [9.17, 15) is 9.59 Å². The Kier molecular flexibility index (Phi) is 6.18. The van der Waals surface area contributed by atoms with Crippen molar-refractivity contribution in [3.63, 3.8) is 0 Å². The summed E-state index contributed by atoms with van der Waals surface area (Å²) in [5, 5.41) is 3.04. The maximum atomic E-state index is 13.9. The van der Waals surface area contributed by atoms with Crippen LogP contribution in [0.1, 0.15) is 13.8 Å². The number of para-hydroxylation sites is 2. The number of ketones is 1. The van der Waals surface area contributed by atoms with Crippen LogP contribution in [0.25, 0.3) is 27.0 Å². The molecule has 158 valence electrons. The van der Waals surface area contributed by atoms with Crippen LogP contribution >= 0.6 is 34.7 Å². The average molecular weight is 471 g/mol. The summed E-state index contributed by atoms with van der Waals surface area (Å²) in [7, 11) is 1.56. The predicted molar refractivity (Wildman–Crippen MR) is 128 cm³/mol. The number of hydrogen-bond donors (Lipinski definition) is 0. The molecule has 0 amide bonds. The van der Waals surface area contributed by atoms with Crippen molar-refractivity contribution in [2.24, 2.45) is 0 Å². The number of carbonyl (C=O) groups excluding carboxylic acids is 1. The molecule has 0 aliphatic carbocycles. The molecule has 0 saturated carbocycles. The molecule has 0 aliphatic rings. The molecule has 0 radical (unpaired) electrons. The summed E-state index contributed by atoms with van der Waals surface area (Å²) in [5.74, 6) is 0.548. The van der Waals surface area contributed by atoms with Gasteiger partial charge in [0.05, 0.1) is 23.4 Å². The molecular weight excluding hydrogens is 452 g/mol. The lowest BCUT2D eigenvalue weighted by Crippen LogP contribution is -2.23. The van der Waals surface area contributed by atoms with Crippen LogP contribution in [0.4, 0.5) is 0 Å². The van der Waals surface area contributed by atoms with Crippen molar-refractivity contribution in [3.05, 3.63) is 69.3 Å². The van der Waals surface area contributed by atoms with Crippen LogP contribution in [0.3, 0.4) is 0 Å². The van der Waals surface area contributed by atoms with Gasteiger partial charge in [0, 0.05) is 21.5 Å². The molecule has 4 aromatic rings. The first-order chi connectivity index (χ1) is 14.9. The summed E-state index contributed by atoms with van der Waals surface area (Å²) in [4.78, 5) is 31.2. The molecule has 0 fully saturated rings. The lowest BCUT2D eigenvalue weighted by molar-refractivity contribution is -0.116. The number of thioether (sulfide) groups is 1. The summed E-state index contributed by atoms with van der Waals surface area (Å²) in [5.41, 5.74) is 1.85. The summed E-state index contributed by atoms with van der Waals surface area (Å²) < 4.78 is 7.03. The number of methoxy groups -OCH3 is 1. The molecular formula is C23H19ClN2O3S2. The fourth-order valence-electron chi connectivity index (χ4n) is 3.20. The second-order valence-corrected chi connectivity index (χ2v) is 9.46. The molecule has 0 aliphatic heterocycles. The highest BCUT2D eigenvalue weighted by molar-refractivity contribution is 8.00. The van der Waals surface area contributed by atoms with Crippen molar-refractivity contribution in [2.45, 2.75) is 24.3 Å². The minimum Gasteiger partial charge on any atom is -0.495 e. The SMILES string of the molecule is COc1ccccc1-n1c(S[C@H](C)C(C)=O)nc2scc(-c3ccccc3Cl)c2c1=O. The third kappa shape index (κ3) is 4.01. The Labute approximate surface area is 192 Å². The summed E-state index contributed by atoms with van der Waals surface area (Å²) in [6.07, 6.45) is 0. The van der Waals surface area contributed by atoms with Crippen molar-refractivity contribution >= 4 is 50.7 Å². The quantitative estimate of drug-likeness (QED) is 0.261. The van der Waals surface area contributed by atoms with Gasteiger partial charge in [-0.25, -0.2) is 4.98 Å². The Morgan fingerprint density at radius 1 is 1.16 bits per heavy atom. The number of fused-ring (bicyclic) bond motifs is 1. The van der Waals surface area contributed by atoms with E-state index in [0.29, 0.717) is 31.8 Å². The average Bonchev–Trinajstić information content (AvgIpc) is 3.18.